The summed E-state index contributed by atoms with van der Waals surface area (Å²) in [5.74, 6) is 0.911. The van der Waals surface area contributed by atoms with Crippen LogP contribution in [-0.4, -0.2) is 52.8 Å². The highest BCUT2D eigenvalue weighted by molar-refractivity contribution is 8.00. The lowest BCUT2D eigenvalue weighted by Gasteiger charge is -2.25. The second-order valence-electron chi connectivity index (χ2n) is 7.59. The van der Waals surface area contributed by atoms with Gasteiger partial charge in [0.1, 0.15) is 10.9 Å². The number of aromatic nitrogens is 2. The molecule has 1 atom stereocenters. The first-order valence-corrected chi connectivity index (χ1v) is 12.2. The molecule has 2 heterocycles. The van der Waals surface area contributed by atoms with Crippen LogP contribution in [0.5, 0.6) is 0 Å². The molecule has 0 bridgehead atoms. The molecule has 1 saturated heterocycles. The number of para-hydroxylation sites is 1. The quantitative estimate of drug-likeness (QED) is 0.381. The van der Waals surface area contributed by atoms with Crippen molar-refractivity contribution in [3.8, 4) is 0 Å². The zero-order valence-corrected chi connectivity index (χ0v) is 20.0. The molecule has 9 heteroatoms. The molecule has 1 aromatic heterocycles. The number of benzene rings is 2. The summed E-state index contributed by atoms with van der Waals surface area (Å²) in [7, 11) is 0. The van der Waals surface area contributed by atoms with Crippen molar-refractivity contribution in [1.82, 2.24) is 20.2 Å². The van der Waals surface area contributed by atoms with E-state index in [0.29, 0.717) is 16.6 Å². The van der Waals surface area contributed by atoms with E-state index in [1.807, 2.05) is 37.3 Å². The van der Waals surface area contributed by atoms with Gasteiger partial charge in [-0.2, -0.15) is 0 Å². The average Bonchev–Trinajstić information content (AvgIpc) is 2.78. The van der Waals surface area contributed by atoms with Gasteiger partial charge in [-0.25, -0.2) is 9.97 Å². The highest BCUT2D eigenvalue weighted by Gasteiger charge is 2.17. The van der Waals surface area contributed by atoms with E-state index in [4.69, 9.17) is 37.9 Å². The minimum absolute atomic E-state index is 0.0917. The first kappa shape index (κ1) is 23.3. The number of morpholine rings is 1. The maximum absolute atomic E-state index is 12.6. The van der Waals surface area contributed by atoms with Gasteiger partial charge in [-0.05, 0) is 30.7 Å². The lowest BCUT2D eigenvalue weighted by Crippen LogP contribution is -2.36. The Labute approximate surface area is 201 Å². The van der Waals surface area contributed by atoms with Crippen LogP contribution in [0.3, 0.4) is 0 Å². The predicted octanol–water partition coefficient (Wildman–Crippen LogP) is 4.74. The van der Waals surface area contributed by atoms with Crippen LogP contribution in [0.2, 0.25) is 10.0 Å². The van der Waals surface area contributed by atoms with Crippen LogP contribution in [0, 0.1) is 0 Å². The number of thioether (sulfide) groups is 1. The fourth-order valence-corrected chi connectivity index (χ4v) is 5.00. The van der Waals surface area contributed by atoms with Gasteiger partial charge in [-0.3, -0.25) is 9.69 Å². The maximum atomic E-state index is 12.6. The Hall–Kier alpha value is -1.90. The molecule has 0 saturated carbocycles. The Morgan fingerprint density at radius 2 is 1.97 bits per heavy atom. The number of nitrogens with zero attached hydrogens (tertiary/aromatic N) is 3. The molecule has 1 aliphatic heterocycles. The molecule has 168 valence electrons. The normalized spacial score (nSPS) is 15.6. The van der Waals surface area contributed by atoms with Crippen molar-refractivity contribution in [3.05, 3.63) is 63.9 Å². The Balaban J connectivity index is 1.45. The van der Waals surface area contributed by atoms with Crippen molar-refractivity contribution >= 4 is 51.8 Å². The Morgan fingerprint density at radius 3 is 2.75 bits per heavy atom. The number of hydrogen-bond acceptors (Lipinski definition) is 6. The van der Waals surface area contributed by atoms with Crippen molar-refractivity contribution in [2.45, 2.75) is 24.5 Å². The second-order valence-corrected chi connectivity index (χ2v) is 9.40. The van der Waals surface area contributed by atoms with E-state index in [9.17, 15) is 4.79 Å². The zero-order valence-electron chi connectivity index (χ0n) is 17.7. The lowest BCUT2D eigenvalue weighted by molar-refractivity contribution is -0.119. The van der Waals surface area contributed by atoms with Crippen LogP contribution in [0.4, 0.5) is 0 Å². The van der Waals surface area contributed by atoms with E-state index in [0.717, 1.165) is 53.6 Å². The fraction of sp³-hybridized carbons (Fsp3) is 0.348. The molecule has 1 N–H and O–H groups in total. The summed E-state index contributed by atoms with van der Waals surface area (Å²) >= 11 is 13.7. The number of halogens is 2. The molecular weight excluding hydrogens is 467 g/mol. The van der Waals surface area contributed by atoms with Crippen LogP contribution in [0.1, 0.15) is 24.4 Å². The molecule has 32 heavy (non-hydrogen) atoms. The topological polar surface area (TPSA) is 67.4 Å². The number of hydrogen-bond donors (Lipinski definition) is 1. The Morgan fingerprint density at radius 1 is 1.19 bits per heavy atom. The molecule has 1 aliphatic rings. The van der Waals surface area contributed by atoms with Crippen molar-refractivity contribution in [3.63, 3.8) is 0 Å². The largest absolute Gasteiger partial charge is 0.379 e. The van der Waals surface area contributed by atoms with E-state index >= 15 is 0 Å². The SMILES string of the molecule is CC(NC(=O)CSc1nc(CN2CCOCC2)nc2ccccc12)c1ccc(Cl)cc1Cl. The Kier molecular flexibility index (Phi) is 7.86. The van der Waals surface area contributed by atoms with Gasteiger partial charge in [0.2, 0.25) is 5.91 Å². The van der Waals surface area contributed by atoms with Gasteiger partial charge in [0.05, 0.1) is 37.1 Å². The van der Waals surface area contributed by atoms with Gasteiger partial charge in [0.25, 0.3) is 0 Å². The standard InChI is InChI=1S/C23H24Cl2N4O2S/c1-15(17-7-6-16(24)12-19(17)25)26-22(30)14-32-23-18-4-2-3-5-20(18)27-21(28-23)13-29-8-10-31-11-9-29/h2-7,12,15H,8-11,13-14H2,1H3,(H,26,30). The molecule has 3 aromatic rings. The van der Waals surface area contributed by atoms with E-state index in [1.54, 1.807) is 12.1 Å². The molecule has 0 aliphatic carbocycles. The van der Waals surface area contributed by atoms with Crippen molar-refractivity contribution < 1.29 is 9.53 Å². The van der Waals surface area contributed by atoms with Crippen LogP contribution in [-0.2, 0) is 16.1 Å². The van der Waals surface area contributed by atoms with E-state index < -0.39 is 0 Å². The summed E-state index contributed by atoms with van der Waals surface area (Å²) in [6, 6.07) is 12.9. The summed E-state index contributed by atoms with van der Waals surface area (Å²) in [6.07, 6.45) is 0. The van der Waals surface area contributed by atoms with Crippen LogP contribution in [0.15, 0.2) is 47.5 Å². The van der Waals surface area contributed by atoms with Gasteiger partial charge >= 0.3 is 0 Å². The summed E-state index contributed by atoms with van der Waals surface area (Å²) in [4.78, 5) is 24.4. The van der Waals surface area contributed by atoms with E-state index in [-0.39, 0.29) is 17.7 Å². The van der Waals surface area contributed by atoms with E-state index in [2.05, 4.69) is 10.2 Å². The van der Waals surface area contributed by atoms with Crippen LogP contribution in [0.25, 0.3) is 10.9 Å². The minimum atomic E-state index is -0.230. The summed E-state index contributed by atoms with van der Waals surface area (Å²) < 4.78 is 5.43. The highest BCUT2D eigenvalue weighted by atomic mass is 35.5. The number of carbonyl (C=O) groups excluding carboxylic acids is 1. The number of fused-ring (bicyclic) bond motifs is 1. The molecule has 6 nitrogen and oxygen atoms in total. The first-order valence-electron chi connectivity index (χ1n) is 10.4. The monoisotopic (exact) mass is 490 g/mol. The average molecular weight is 491 g/mol. The van der Waals surface area contributed by atoms with Gasteiger partial charge < -0.3 is 10.1 Å². The third kappa shape index (κ3) is 5.91. The third-order valence-electron chi connectivity index (χ3n) is 5.23. The van der Waals surface area contributed by atoms with Crippen LogP contribution >= 0.6 is 35.0 Å². The maximum Gasteiger partial charge on any atom is 0.230 e. The zero-order chi connectivity index (χ0) is 22.5. The summed E-state index contributed by atoms with van der Waals surface area (Å²) in [5.41, 5.74) is 1.71. The van der Waals surface area contributed by atoms with Crippen LogP contribution < -0.4 is 5.32 Å². The third-order valence-corrected chi connectivity index (χ3v) is 6.78. The van der Waals surface area contributed by atoms with Crippen molar-refractivity contribution in [2.24, 2.45) is 0 Å². The second kappa shape index (κ2) is 10.8. The Bertz CT molecular complexity index is 1110. The summed E-state index contributed by atoms with van der Waals surface area (Å²) in [6.45, 7) is 5.76. The molecule has 1 fully saturated rings. The minimum Gasteiger partial charge on any atom is -0.379 e. The van der Waals surface area contributed by atoms with Gasteiger partial charge in [-0.15, -0.1) is 0 Å². The number of nitrogens with one attached hydrogen (secondary N) is 1. The number of ether oxygens (including phenoxy) is 1. The number of amides is 1. The van der Waals surface area contributed by atoms with Gasteiger partial charge in [0.15, 0.2) is 0 Å². The molecule has 1 amide bonds. The summed E-state index contributed by atoms with van der Waals surface area (Å²) in [5, 5.41) is 5.86. The van der Waals surface area contributed by atoms with E-state index in [1.165, 1.54) is 11.8 Å². The lowest BCUT2D eigenvalue weighted by atomic mass is 10.1. The molecule has 2 aromatic carbocycles. The molecular formula is C23H24Cl2N4O2S. The van der Waals surface area contributed by atoms with Crippen molar-refractivity contribution in [2.75, 3.05) is 32.1 Å². The molecule has 0 spiro atoms. The van der Waals surface area contributed by atoms with Gasteiger partial charge in [0, 0.05) is 28.5 Å². The fourth-order valence-electron chi connectivity index (χ4n) is 3.58. The molecule has 4 rings (SSSR count). The highest BCUT2D eigenvalue weighted by Crippen LogP contribution is 2.28. The number of carbonyl (C=O) groups is 1. The first-order chi connectivity index (χ1) is 15.5. The molecule has 0 radical (unpaired) electrons. The predicted molar refractivity (Wildman–Crippen MR) is 129 cm³/mol. The smallest absolute Gasteiger partial charge is 0.230 e. The van der Waals surface area contributed by atoms with Crippen molar-refractivity contribution in [1.29, 1.82) is 0 Å². The molecule has 1 unspecified atom stereocenters. The number of rotatable bonds is 7. The van der Waals surface area contributed by atoms with Gasteiger partial charge in [-0.1, -0.05) is 59.2 Å².